The molecule has 0 aromatic heterocycles. The zero-order valence-corrected chi connectivity index (χ0v) is 12.0. The molecular formula is C15H14BrF2N. The van der Waals surface area contributed by atoms with Crippen LogP contribution in [0.3, 0.4) is 0 Å². The van der Waals surface area contributed by atoms with Gasteiger partial charge in [0.05, 0.1) is 0 Å². The number of nitrogens with one attached hydrogen (secondary N) is 1. The van der Waals surface area contributed by atoms with Gasteiger partial charge in [-0.3, -0.25) is 0 Å². The molecule has 0 saturated carbocycles. The van der Waals surface area contributed by atoms with Crippen molar-refractivity contribution < 1.29 is 8.78 Å². The van der Waals surface area contributed by atoms with E-state index in [1.165, 1.54) is 24.3 Å². The van der Waals surface area contributed by atoms with Crippen molar-refractivity contribution in [2.75, 3.05) is 7.05 Å². The molecule has 2 aromatic carbocycles. The lowest BCUT2D eigenvalue weighted by Gasteiger charge is -2.18. The topological polar surface area (TPSA) is 12.0 Å². The van der Waals surface area contributed by atoms with E-state index in [0.717, 1.165) is 15.6 Å². The van der Waals surface area contributed by atoms with E-state index < -0.39 is 0 Å². The standard InChI is InChI=1S/C15H14BrF2N/c1-19-15(8-10-3-2-4-11(17)7-10)13-9-12(18)5-6-14(13)16/h2-7,9,15,19H,8H2,1H3. The van der Waals surface area contributed by atoms with Gasteiger partial charge in [-0.15, -0.1) is 0 Å². The molecule has 0 radical (unpaired) electrons. The molecule has 0 spiro atoms. The molecule has 4 heteroatoms. The van der Waals surface area contributed by atoms with Crippen molar-refractivity contribution in [3.05, 3.63) is 69.7 Å². The van der Waals surface area contributed by atoms with Gasteiger partial charge in [-0.25, -0.2) is 8.78 Å². The van der Waals surface area contributed by atoms with E-state index in [4.69, 9.17) is 0 Å². The summed E-state index contributed by atoms with van der Waals surface area (Å²) in [6, 6.07) is 11.0. The van der Waals surface area contributed by atoms with Gasteiger partial charge >= 0.3 is 0 Å². The minimum Gasteiger partial charge on any atom is -0.313 e. The van der Waals surface area contributed by atoms with E-state index in [0.29, 0.717) is 6.42 Å². The number of rotatable bonds is 4. The van der Waals surface area contributed by atoms with E-state index in [1.54, 1.807) is 19.2 Å². The maximum atomic E-state index is 13.3. The van der Waals surface area contributed by atoms with Gasteiger partial charge in [0.1, 0.15) is 11.6 Å². The molecule has 2 aromatic rings. The van der Waals surface area contributed by atoms with Gasteiger partial charge < -0.3 is 5.32 Å². The molecular weight excluding hydrogens is 312 g/mol. The Kier molecular flexibility index (Phi) is 4.66. The minimum atomic E-state index is -0.280. The smallest absolute Gasteiger partial charge is 0.123 e. The molecule has 0 amide bonds. The third-order valence-corrected chi connectivity index (χ3v) is 3.73. The van der Waals surface area contributed by atoms with Crippen LogP contribution in [0.1, 0.15) is 17.2 Å². The summed E-state index contributed by atoms with van der Waals surface area (Å²) in [4.78, 5) is 0. The maximum Gasteiger partial charge on any atom is 0.123 e. The van der Waals surface area contributed by atoms with Crippen LogP contribution in [0.25, 0.3) is 0 Å². The Hall–Kier alpha value is -1.26. The average Bonchev–Trinajstić information content (AvgIpc) is 2.39. The van der Waals surface area contributed by atoms with Gasteiger partial charge in [-0.2, -0.15) is 0 Å². The van der Waals surface area contributed by atoms with Gasteiger partial charge in [0.25, 0.3) is 0 Å². The monoisotopic (exact) mass is 325 g/mol. The molecule has 0 aliphatic carbocycles. The van der Waals surface area contributed by atoms with Crippen LogP contribution < -0.4 is 5.32 Å². The minimum absolute atomic E-state index is 0.0770. The summed E-state index contributed by atoms with van der Waals surface area (Å²) in [5, 5.41) is 3.14. The zero-order chi connectivity index (χ0) is 13.8. The Labute approximate surface area is 119 Å². The van der Waals surface area contributed by atoms with Crippen LogP contribution >= 0.6 is 15.9 Å². The molecule has 1 atom stereocenters. The Balaban J connectivity index is 2.27. The molecule has 2 rings (SSSR count). The molecule has 1 nitrogen and oxygen atoms in total. The van der Waals surface area contributed by atoms with Gasteiger partial charge in [-0.05, 0) is 54.9 Å². The molecule has 0 fully saturated rings. The van der Waals surface area contributed by atoms with E-state index in [2.05, 4.69) is 21.2 Å². The maximum absolute atomic E-state index is 13.3. The predicted molar refractivity (Wildman–Crippen MR) is 76.0 cm³/mol. The van der Waals surface area contributed by atoms with E-state index >= 15 is 0 Å². The van der Waals surface area contributed by atoms with Crippen molar-refractivity contribution in [3.8, 4) is 0 Å². The highest BCUT2D eigenvalue weighted by Crippen LogP contribution is 2.27. The highest BCUT2D eigenvalue weighted by Gasteiger charge is 2.14. The van der Waals surface area contributed by atoms with Crippen molar-refractivity contribution in [2.45, 2.75) is 12.5 Å². The summed E-state index contributed by atoms with van der Waals surface area (Å²) in [5.74, 6) is -0.539. The highest BCUT2D eigenvalue weighted by atomic mass is 79.9. The van der Waals surface area contributed by atoms with E-state index in [9.17, 15) is 8.78 Å². The fourth-order valence-corrected chi connectivity index (χ4v) is 2.57. The molecule has 0 bridgehead atoms. The zero-order valence-electron chi connectivity index (χ0n) is 10.5. The van der Waals surface area contributed by atoms with Crippen molar-refractivity contribution in [1.82, 2.24) is 5.32 Å². The molecule has 19 heavy (non-hydrogen) atoms. The lowest BCUT2D eigenvalue weighted by atomic mass is 9.99. The summed E-state index contributed by atoms with van der Waals surface area (Å²) in [7, 11) is 1.81. The van der Waals surface area contributed by atoms with Crippen LogP contribution in [0.4, 0.5) is 8.78 Å². The number of hydrogen-bond donors (Lipinski definition) is 1. The quantitative estimate of drug-likeness (QED) is 0.887. The first kappa shape index (κ1) is 14.2. The Morgan fingerprint density at radius 2 is 1.84 bits per heavy atom. The first-order valence-electron chi connectivity index (χ1n) is 5.97. The molecule has 0 aliphatic rings. The second-order valence-electron chi connectivity index (χ2n) is 4.34. The predicted octanol–water partition coefficient (Wildman–Crippen LogP) is 4.23. The van der Waals surface area contributed by atoms with Gasteiger partial charge in [0, 0.05) is 10.5 Å². The second kappa shape index (κ2) is 6.26. The molecule has 1 unspecified atom stereocenters. The van der Waals surface area contributed by atoms with Crippen molar-refractivity contribution in [3.63, 3.8) is 0 Å². The molecule has 0 heterocycles. The average molecular weight is 326 g/mol. The van der Waals surface area contributed by atoms with E-state index in [1.807, 2.05) is 6.07 Å². The van der Waals surface area contributed by atoms with Crippen LogP contribution in [0.5, 0.6) is 0 Å². The molecule has 0 aliphatic heterocycles. The largest absolute Gasteiger partial charge is 0.313 e. The van der Waals surface area contributed by atoms with Gasteiger partial charge in [0.2, 0.25) is 0 Å². The van der Waals surface area contributed by atoms with Gasteiger partial charge in [0.15, 0.2) is 0 Å². The Morgan fingerprint density at radius 1 is 1.11 bits per heavy atom. The highest BCUT2D eigenvalue weighted by molar-refractivity contribution is 9.10. The summed E-state index contributed by atoms with van der Waals surface area (Å²) in [6.45, 7) is 0. The number of benzene rings is 2. The van der Waals surface area contributed by atoms with Crippen LogP contribution in [0, 0.1) is 11.6 Å². The first-order chi connectivity index (χ1) is 9.10. The fourth-order valence-electron chi connectivity index (χ4n) is 2.05. The van der Waals surface area contributed by atoms with Crippen molar-refractivity contribution >= 4 is 15.9 Å². The third-order valence-electron chi connectivity index (χ3n) is 3.01. The lowest BCUT2D eigenvalue weighted by molar-refractivity contribution is 0.570. The van der Waals surface area contributed by atoms with E-state index in [-0.39, 0.29) is 17.7 Å². The van der Waals surface area contributed by atoms with Gasteiger partial charge in [-0.1, -0.05) is 28.1 Å². The summed E-state index contributed by atoms with van der Waals surface area (Å²) >= 11 is 3.42. The number of halogens is 3. The molecule has 1 N–H and O–H groups in total. The number of hydrogen-bond acceptors (Lipinski definition) is 1. The van der Waals surface area contributed by atoms with Crippen molar-refractivity contribution in [2.24, 2.45) is 0 Å². The second-order valence-corrected chi connectivity index (χ2v) is 5.20. The first-order valence-corrected chi connectivity index (χ1v) is 6.76. The lowest BCUT2D eigenvalue weighted by Crippen LogP contribution is -2.19. The van der Waals surface area contributed by atoms with Crippen LogP contribution in [0.2, 0.25) is 0 Å². The van der Waals surface area contributed by atoms with Crippen LogP contribution in [-0.4, -0.2) is 7.05 Å². The summed E-state index contributed by atoms with van der Waals surface area (Å²) in [6.07, 6.45) is 0.594. The van der Waals surface area contributed by atoms with Crippen LogP contribution in [0.15, 0.2) is 46.9 Å². The normalized spacial score (nSPS) is 12.4. The Morgan fingerprint density at radius 3 is 2.53 bits per heavy atom. The fraction of sp³-hybridized carbons (Fsp3) is 0.200. The summed E-state index contributed by atoms with van der Waals surface area (Å²) in [5.41, 5.74) is 1.70. The number of likely N-dealkylation sites (N-methyl/N-ethyl adjacent to an activating group) is 1. The molecule has 0 saturated heterocycles. The van der Waals surface area contributed by atoms with Crippen molar-refractivity contribution in [1.29, 1.82) is 0 Å². The Bertz CT molecular complexity index is 572. The summed E-state index contributed by atoms with van der Waals surface area (Å²) < 4.78 is 27.4. The third kappa shape index (κ3) is 3.61. The molecule has 100 valence electrons. The van der Waals surface area contributed by atoms with Crippen LogP contribution in [-0.2, 0) is 6.42 Å². The SMILES string of the molecule is CNC(Cc1cccc(F)c1)c1cc(F)ccc1Br.